The fourth-order valence-corrected chi connectivity index (χ4v) is 4.23. The third-order valence-electron chi connectivity index (χ3n) is 6.07. The Morgan fingerprint density at radius 2 is 1.44 bits per heavy atom. The van der Waals surface area contributed by atoms with E-state index in [4.69, 9.17) is 14.2 Å². The highest BCUT2D eigenvalue weighted by Crippen LogP contribution is 2.33. The van der Waals surface area contributed by atoms with Gasteiger partial charge in [-0.3, -0.25) is 4.79 Å². The molecule has 1 aliphatic heterocycles. The van der Waals surface area contributed by atoms with Gasteiger partial charge in [0.25, 0.3) is 0 Å². The molecule has 0 saturated heterocycles. The number of carbonyl (C=O) groups is 1. The summed E-state index contributed by atoms with van der Waals surface area (Å²) in [7, 11) is 0. The van der Waals surface area contributed by atoms with Crippen molar-refractivity contribution in [1.29, 1.82) is 0 Å². The van der Waals surface area contributed by atoms with Crippen molar-refractivity contribution < 1.29 is 19.0 Å². The molecule has 0 atom stereocenters. The molecule has 4 aromatic carbocycles. The fraction of sp³-hybridized carbons (Fsp3) is 0.156. The van der Waals surface area contributed by atoms with Gasteiger partial charge in [-0.1, -0.05) is 72.8 Å². The lowest BCUT2D eigenvalue weighted by atomic mass is 10.0. The molecule has 4 heteroatoms. The first-order valence-corrected chi connectivity index (χ1v) is 12.1. The lowest BCUT2D eigenvalue weighted by molar-refractivity contribution is 0.103. The summed E-state index contributed by atoms with van der Waals surface area (Å²) in [5.41, 5.74) is 5.56. The van der Waals surface area contributed by atoms with Gasteiger partial charge >= 0.3 is 0 Å². The molecule has 1 heterocycles. The van der Waals surface area contributed by atoms with Crippen molar-refractivity contribution in [2.45, 2.75) is 26.6 Å². The first-order chi connectivity index (χ1) is 17.7. The minimum Gasteiger partial charge on any atom is -0.493 e. The Bertz CT molecular complexity index is 1310. The van der Waals surface area contributed by atoms with Crippen LogP contribution in [0.3, 0.4) is 0 Å². The summed E-state index contributed by atoms with van der Waals surface area (Å²) in [6.45, 7) is 3.39. The minimum absolute atomic E-state index is 0.169. The van der Waals surface area contributed by atoms with Crippen LogP contribution in [0.5, 0.6) is 17.2 Å². The van der Waals surface area contributed by atoms with Gasteiger partial charge in [-0.15, -0.1) is 0 Å². The third-order valence-corrected chi connectivity index (χ3v) is 6.07. The molecular weight excluding hydrogens is 448 g/mol. The summed E-state index contributed by atoms with van der Waals surface area (Å²) in [6, 6.07) is 29.6. The number of aryl methyl sites for hydroxylation is 1. The number of carbonyl (C=O) groups excluding carboxylic acids is 1. The van der Waals surface area contributed by atoms with Gasteiger partial charge in [-0.25, -0.2) is 0 Å². The molecule has 0 N–H and O–H groups in total. The van der Waals surface area contributed by atoms with Crippen LogP contribution in [0.25, 0.3) is 6.08 Å². The third kappa shape index (κ3) is 5.66. The van der Waals surface area contributed by atoms with Gasteiger partial charge in [-0.2, -0.15) is 0 Å². The van der Waals surface area contributed by atoms with Crippen LogP contribution < -0.4 is 14.2 Å². The first-order valence-electron chi connectivity index (χ1n) is 12.1. The van der Waals surface area contributed by atoms with Gasteiger partial charge in [0.05, 0.1) is 6.61 Å². The predicted octanol–water partition coefficient (Wildman–Crippen LogP) is 6.98. The van der Waals surface area contributed by atoms with E-state index in [9.17, 15) is 4.79 Å². The Balaban J connectivity index is 1.44. The summed E-state index contributed by atoms with van der Waals surface area (Å²) < 4.78 is 18.0. The van der Waals surface area contributed by atoms with Gasteiger partial charge in [0, 0.05) is 6.42 Å². The summed E-state index contributed by atoms with van der Waals surface area (Å²) in [5, 5.41) is 0. The zero-order chi connectivity index (χ0) is 24.7. The van der Waals surface area contributed by atoms with E-state index in [2.05, 4.69) is 6.07 Å². The average Bonchev–Trinajstić information content (AvgIpc) is 3.38. The van der Waals surface area contributed by atoms with Crippen LogP contribution in [-0.4, -0.2) is 12.4 Å². The largest absolute Gasteiger partial charge is 0.493 e. The number of allylic oxidation sites excluding steroid dienone is 1. The maximum Gasteiger partial charge on any atom is 0.193 e. The van der Waals surface area contributed by atoms with Crippen LogP contribution in [0.1, 0.15) is 38.2 Å². The maximum atomic E-state index is 13.6. The second kappa shape index (κ2) is 11.0. The van der Waals surface area contributed by atoms with E-state index < -0.39 is 0 Å². The van der Waals surface area contributed by atoms with E-state index in [1.807, 2.05) is 97.9 Å². The van der Waals surface area contributed by atoms with Gasteiger partial charge in [0.2, 0.25) is 0 Å². The average molecular weight is 477 g/mol. The van der Waals surface area contributed by atoms with E-state index in [0.29, 0.717) is 36.9 Å². The topological polar surface area (TPSA) is 44.8 Å². The molecule has 0 aromatic heterocycles. The molecule has 180 valence electrons. The number of ketones is 1. The van der Waals surface area contributed by atoms with Gasteiger partial charge < -0.3 is 14.2 Å². The van der Waals surface area contributed by atoms with Crippen LogP contribution >= 0.6 is 0 Å². The molecular formula is C32H28O4. The highest BCUT2D eigenvalue weighted by atomic mass is 16.5. The Labute approximate surface area is 211 Å². The molecule has 36 heavy (non-hydrogen) atoms. The Morgan fingerprint density at radius 1 is 0.833 bits per heavy atom. The van der Waals surface area contributed by atoms with Crippen molar-refractivity contribution in [3.05, 3.63) is 130 Å². The SMILES string of the molecule is Cc1cc(OCc2ccccc2)c(C(=O)C=Cc2ccc3c(c2)CCO3)c(OCc2ccccc2)c1. The van der Waals surface area contributed by atoms with Crippen molar-refractivity contribution in [1.82, 2.24) is 0 Å². The molecule has 5 rings (SSSR count). The highest BCUT2D eigenvalue weighted by molar-refractivity contribution is 6.10. The first kappa shape index (κ1) is 23.4. The van der Waals surface area contributed by atoms with Crippen LogP contribution in [0.2, 0.25) is 0 Å². The molecule has 0 saturated carbocycles. The lowest BCUT2D eigenvalue weighted by Gasteiger charge is -2.16. The molecule has 4 aromatic rings. The van der Waals surface area contributed by atoms with Crippen molar-refractivity contribution in [3.8, 4) is 17.2 Å². The standard InChI is InChI=1S/C32H28O4/c1-23-18-30(35-21-25-8-4-2-5-9-25)32(31(19-23)36-22-26-10-6-3-7-11-26)28(33)14-12-24-13-15-29-27(20-24)16-17-34-29/h2-15,18-20H,16-17,21-22H2,1H3. The highest BCUT2D eigenvalue weighted by Gasteiger charge is 2.19. The Kier molecular flexibility index (Phi) is 7.13. The molecule has 0 unspecified atom stereocenters. The number of hydrogen-bond acceptors (Lipinski definition) is 4. The van der Waals surface area contributed by atoms with Crippen LogP contribution in [0.15, 0.2) is 97.1 Å². The van der Waals surface area contributed by atoms with Crippen LogP contribution in [0, 0.1) is 6.92 Å². The Morgan fingerprint density at radius 3 is 2.06 bits per heavy atom. The summed E-state index contributed by atoms with van der Waals surface area (Å²) in [6.07, 6.45) is 4.31. The Hall–Kier alpha value is -4.31. The molecule has 0 amide bonds. The smallest absolute Gasteiger partial charge is 0.193 e. The van der Waals surface area contributed by atoms with Crippen LogP contribution in [0.4, 0.5) is 0 Å². The van der Waals surface area contributed by atoms with Crippen molar-refractivity contribution in [2.75, 3.05) is 6.61 Å². The van der Waals surface area contributed by atoms with Crippen molar-refractivity contribution >= 4 is 11.9 Å². The second-order valence-electron chi connectivity index (χ2n) is 8.85. The van der Waals surface area contributed by atoms with E-state index in [0.717, 1.165) is 34.4 Å². The summed E-state index contributed by atoms with van der Waals surface area (Å²) in [5.74, 6) is 1.78. The normalized spacial score (nSPS) is 12.2. The molecule has 0 spiro atoms. The van der Waals surface area contributed by atoms with Gasteiger partial charge in [0.15, 0.2) is 5.78 Å². The van der Waals surface area contributed by atoms with Crippen LogP contribution in [-0.2, 0) is 19.6 Å². The number of ether oxygens (including phenoxy) is 3. The summed E-state index contributed by atoms with van der Waals surface area (Å²) >= 11 is 0. The van der Waals surface area contributed by atoms with E-state index in [-0.39, 0.29) is 5.78 Å². The molecule has 4 nitrogen and oxygen atoms in total. The molecule has 0 aliphatic carbocycles. The quantitative estimate of drug-likeness (QED) is 0.193. The second-order valence-corrected chi connectivity index (χ2v) is 8.85. The van der Waals surface area contributed by atoms with Gasteiger partial charge in [-0.05, 0) is 65.1 Å². The number of rotatable bonds is 9. The minimum atomic E-state index is -0.169. The lowest BCUT2D eigenvalue weighted by Crippen LogP contribution is -2.07. The number of benzene rings is 4. The molecule has 0 bridgehead atoms. The number of fused-ring (bicyclic) bond motifs is 1. The number of hydrogen-bond donors (Lipinski definition) is 0. The fourth-order valence-electron chi connectivity index (χ4n) is 4.23. The van der Waals surface area contributed by atoms with E-state index in [1.165, 1.54) is 5.56 Å². The monoisotopic (exact) mass is 476 g/mol. The molecule has 1 aliphatic rings. The van der Waals surface area contributed by atoms with Gasteiger partial charge in [0.1, 0.15) is 36.0 Å². The molecule has 0 radical (unpaired) electrons. The zero-order valence-corrected chi connectivity index (χ0v) is 20.3. The van der Waals surface area contributed by atoms with Crippen molar-refractivity contribution in [2.24, 2.45) is 0 Å². The van der Waals surface area contributed by atoms with E-state index in [1.54, 1.807) is 6.08 Å². The zero-order valence-electron chi connectivity index (χ0n) is 20.3. The summed E-state index contributed by atoms with van der Waals surface area (Å²) in [4.78, 5) is 13.6. The van der Waals surface area contributed by atoms with E-state index >= 15 is 0 Å². The van der Waals surface area contributed by atoms with Crippen molar-refractivity contribution in [3.63, 3.8) is 0 Å². The molecule has 0 fully saturated rings. The predicted molar refractivity (Wildman–Crippen MR) is 142 cm³/mol. The maximum absolute atomic E-state index is 13.6.